The Labute approximate surface area is 187 Å². The van der Waals surface area contributed by atoms with E-state index in [1.54, 1.807) is 51.5 Å². The number of methoxy groups -OCH3 is 1. The third kappa shape index (κ3) is 5.19. The van der Waals surface area contributed by atoms with Gasteiger partial charge in [0, 0.05) is 37.7 Å². The standard InChI is InChI=1S/C26H27FN2O3/c1-5-26(31)29(3)23-11-9-20(15-22(23)27)19-8-10-21(17(2)14-19)24(30)12-6-18-7-13-25(32-4)28-16-18/h7-11,13-16H,5-6,12H2,1-4H3. The highest BCUT2D eigenvalue weighted by molar-refractivity contribution is 5.98. The van der Waals surface area contributed by atoms with Crippen molar-refractivity contribution in [3.63, 3.8) is 0 Å². The first-order chi connectivity index (χ1) is 15.3. The zero-order valence-electron chi connectivity index (χ0n) is 18.8. The number of rotatable bonds is 8. The molecule has 0 saturated heterocycles. The molecule has 0 aliphatic heterocycles. The number of hydrogen-bond donors (Lipinski definition) is 0. The molecule has 0 aliphatic rings. The number of pyridine rings is 1. The van der Waals surface area contributed by atoms with Gasteiger partial charge < -0.3 is 9.64 Å². The van der Waals surface area contributed by atoms with Crippen LogP contribution in [0.3, 0.4) is 0 Å². The van der Waals surface area contributed by atoms with Crippen LogP contribution < -0.4 is 9.64 Å². The van der Waals surface area contributed by atoms with Gasteiger partial charge in [-0.15, -0.1) is 0 Å². The van der Waals surface area contributed by atoms with E-state index in [0.29, 0.717) is 36.3 Å². The number of ether oxygens (including phenoxy) is 1. The molecule has 32 heavy (non-hydrogen) atoms. The van der Waals surface area contributed by atoms with Crippen molar-refractivity contribution in [1.82, 2.24) is 4.98 Å². The van der Waals surface area contributed by atoms with Crippen molar-refractivity contribution < 1.29 is 18.7 Å². The number of aromatic nitrogens is 1. The van der Waals surface area contributed by atoms with E-state index in [0.717, 1.165) is 16.7 Å². The molecule has 6 heteroatoms. The lowest BCUT2D eigenvalue weighted by Crippen LogP contribution is -2.25. The average molecular weight is 435 g/mol. The fourth-order valence-electron chi connectivity index (χ4n) is 3.56. The van der Waals surface area contributed by atoms with Gasteiger partial charge in [-0.3, -0.25) is 9.59 Å². The number of aryl methyl sites for hydroxylation is 2. The minimum Gasteiger partial charge on any atom is -0.481 e. The minimum absolute atomic E-state index is 0.0473. The molecule has 0 bridgehead atoms. The predicted octanol–water partition coefficient (Wildman–Crippen LogP) is 5.39. The number of benzene rings is 2. The molecule has 0 fully saturated rings. The van der Waals surface area contributed by atoms with Gasteiger partial charge in [-0.2, -0.15) is 0 Å². The zero-order valence-corrected chi connectivity index (χ0v) is 18.8. The molecular formula is C26H27FN2O3. The molecule has 0 spiro atoms. The normalized spacial score (nSPS) is 10.7. The van der Waals surface area contributed by atoms with Crippen LogP contribution in [0.25, 0.3) is 11.1 Å². The Balaban J connectivity index is 1.73. The van der Waals surface area contributed by atoms with Crippen molar-refractivity contribution in [2.45, 2.75) is 33.1 Å². The van der Waals surface area contributed by atoms with Crippen LogP contribution in [0.2, 0.25) is 0 Å². The number of nitrogens with zero attached hydrogens (tertiary/aromatic N) is 2. The number of halogens is 1. The Morgan fingerprint density at radius 3 is 2.38 bits per heavy atom. The van der Waals surface area contributed by atoms with Gasteiger partial charge in [-0.1, -0.05) is 37.3 Å². The van der Waals surface area contributed by atoms with E-state index in [1.807, 2.05) is 25.1 Å². The smallest absolute Gasteiger partial charge is 0.226 e. The van der Waals surface area contributed by atoms with Gasteiger partial charge in [0.05, 0.1) is 12.8 Å². The molecule has 0 N–H and O–H groups in total. The lowest BCUT2D eigenvalue weighted by atomic mass is 9.95. The largest absolute Gasteiger partial charge is 0.481 e. The highest BCUT2D eigenvalue weighted by Gasteiger charge is 2.15. The van der Waals surface area contributed by atoms with E-state index < -0.39 is 5.82 Å². The molecule has 0 aliphatic carbocycles. The van der Waals surface area contributed by atoms with Crippen LogP contribution in [-0.2, 0) is 11.2 Å². The summed E-state index contributed by atoms with van der Waals surface area (Å²) in [5.41, 5.74) is 4.21. The molecule has 2 aromatic carbocycles. The zero-order chi connectivity index (χ0) is 23.3. The van der Waals surface area contributed by atoms with Gasteiger partial charge in [0.2, 0.25) is 11.8 Å². The van der Waals surface area contributed by atoms with Crippen LogP contribution in [0.1, 0.15) is 41.3 Å². The number of carbonyl (C=O) groups is 2. The molecular weight excluding hydrogens is 407 g/mol. The van der Waals surface area contributed by atoms with E-state index in [-0.39, 0.29) is 17.4 Å². The first kappa shape index (κ1) is 23.1. The van der Waals surface area contributed by atoms with E-state index in [4.69, 9.17) is 4.74 Å². The van der Waals surface area contributed by atoms with Gasteiger partial charge in [0.15, 0.2) is 5.78 Å². The molecule has 3 aromatic rings. The number of amides is 1. The van der Waals surface area contributed by atoms with Crippen molar-refractivity contribution in [3.8, 4) is 17.0 Å². The predicted molar refractivity (Wildman–Crippen MR) is 124 cm³/mol. The maximum atomic E-state index is 14.6. The summed E-state index contributed by atoms with van der Waals surface area (Å²) in [6, 6.07) is 14.0. The number of Topliss-reactive ketones (excluding diaryl/α,β-unsaturated/α-hetero) is 1. The van der Waals surface area contributed by atoms with Crippen molar-refractivity contribution in [2.75, 3.05) is 19.1 Å². The fourth-order valence-corrected chi connectivity index (χ4v) is 3.56. The van der Waals surface area contributed by atoms with Crippen LogP contribution in [0, 0.1) is 12.7 Å². The van der Waals surface area contributed by atoms with Crippen LogP contribution in [0.5, 0.6) is 5.88 Å². The van der Waals surface area contributed by atoms with E-state index in [1.165, 1.54) is 11.0 Å². The second-order valence-corrected chi connectivity index (χ2v) is 7.63. The molecule has 0 unspecified atom stereocenters. The molecule has 1 aromatic heterocycles. The van der Waals surface area contributed by atoms with Crippen LogP contribution in [0.4, 0.5) is 10.1 Å². The first-order valence-corrected chi connectivity index (χ1v) is 10.5. The summed E-state index contributed by atoms with van der Waals surface area (Å²) in [6.45, 7) is 3.62. The molecule has 166 valence electrons. The quantitative estimate of drug-likeness (QED) is 0.446. The van der Waals surface area contributed by atoms with Crippen LogP contribution >= 0.6 is 0 Å². The molecule has 1 amide bonds. The summed E-state index contributed by atoms with van der Waals surface area (Å²) in [6.07, 6.45) is 2.98. The second kappa shape index (κ2) is 10.2. The van der Waals surface area contributed by atoms with Gasteiger partial charge in [0.25, 0.3) is 0 Å². The second-order valence-electron chi connectivity index (χ2n) is 7.63. The summed E-state index contributed by atoms with van der Waals surface area (Å²) in [5, 5.41) is 0. The van der Waals surface area contributed by atoms with Crippen molar-refractivity contribution in [2.24, 2.45) is 0 Å². The summed E-state index contributed by atoms with van der Waals surface area (Å²) in [5.74, 6) is -0.0239. The van der Waals surface area contributed by atoms with Gasteiger partial charge >= 0.3 is 0 Å². The molecule has 3 rings (SSSR count). The fraction of sp³-hybridized carbons (Fsp3) is 0.269. The number of carbonyl (C=O) groups excluding carboxylic acids is 2. The molecule has 5 nitrogen and oxygen atoms in total. The van der Waals surface area contributed by atoms with Crippen molar-refractivity contribution >= 4 is 17.4 Å². The van der Waals surface area contributed by atoms with E-state index >= 15 is 0 Å². The topological polar surface area (TPSA) is 59.5 Å². The van der Waals surface area contributed by atoms with E-state index in [9.17, 15) is 14.0 Å². The van der Waals surface area contributed by atoms with Gasteiger partial charge in [-0.05, 0) is 47.7 Å². The SMILES string of the molecule is CCC(=O)N(C)c1ccc(-c2ccc(C(=O)CCc3ccc(OC)nc3)c(C)c2)cc1F. The molecule has 1 heterocycles. The minimum atomic E-state index is -0.460. The highest BCUT2D eigenvalue weighted by atomic mass is 19.1. The third-order valence-corrected chi connectivity index (χ3v) is 5.49. The maximum Gasteiger partial charge on any atom is 0.226 e. The molecule has 0 radical (unpaired) electrons. The average Bonchev–Trinajstić information content (AvgIpc) is 2.81. The van der Waals surface area contributed by atoms with Crippen LogP contribution in [0.15, 0.2) is 54.7 Å². The van der Waals surface area contributed by atoms with Crippen molar-refractivity contribution in [1.29, 1.82) is 0 Å². The summed E-state index contributed by atoms with van der Waals surface area (Å²) >= 11 is 0. The summed E-state index contributed by atoms with van der Waals surface area (Å²) < 4.78 is 19.7. The highest BCUT2D eigenvalue weighted by Crippen LogP contribution is 2.28. The Morgan fingerprint density at radius 1 is 1.06 bits per heavy atom. The van der Waals surface area contributed by atoms with Gasteiger partial charge in [0.1, 0.15) is 5.82 Å². The lowest BCUT2D eigenvalue weighted by Gasteiger charge is -2.18. The Kier molecular flexibility index (Phi) is 7.36. The Morgan fingerprint density at radius 2 is 1.78 bits per heavy atom. The van der Waals surface area contributed by atoms with Crippen molar-refractivity contribution in [3.05, 3.63) is 77.2 Å². The number of anilines is 1. The summed E-state index contributed by atoms with van der Waals surface area (Å²) in [4.78, 5) is 30.1. The third-order valence-electron chi connectivity index (χ3n) is 5.49. The molecule has 0 atom stereocenters. The lowest BCUT2D eigenvalue weighted by molar-refractivity contribution is -0.118. The summed E-state index contributed by atoms with van der Waals surface area (Å²) in [7, 11) is 3.13. The van der Waals surface area contributed by atoms with E-state index in [2.05, 4.69) is 4.98 Å². The Bertz CT molecular complexity index is 1130. The number of ketones is 1. The monoisotopic (exact) mass is 434 g/mol. The Hall–Kier alpha value is -3.54. The maximum absolute atomic E-state index is 14.6. The van der Waals surface area contributed by atoms with Crippen LogP contribution in [-0.4, -0.2) is 30.8 Å². The van der Waals surface area contributed by atoms with Gasteiger partial charge in [-0.25, -0.2) is 9.37 Å². The number of hydrogen-bond acceptors (Lipinski definition) is 4. The molecule has 0 saturated carbocycles. The first-order valence-electron chi connectivity index (χ1n) is 10.5.